The molecular formula is C13H4F6N4O2. The van der Waals surface area contributed by atoms with Gasteiger partial charge in [0.2, 0.25) is 0 Å². The molecule has 0 aliphatic rings. The monoisotopic (exact) mass is 362 g/mol. The minimum absolute atomic E-state index is 0.353. The van der Waals surface area contributed by atoms with Crippen molar-refractivity contribution in [3.05, 3.63) is 29.5 Å². The molecule has 1 rings (SSSR count). The lowest BCUT2D eigenvalue weighted by molar-refractivity contribution is -0.287. The van der Waals surface area contributed by atoms with Gasteiger partial charge in [0.25, 0.3) is 0 Å². The Labute approximate surface area is 135 Å². The fraction of sp³-hybridized carbons (Fsp3) is 0.154. The zero-order chi connectivity index (χ0) is 19.3. The largest absolute Gasteiger partial charge is 0.573 e. The molecule has 1 N–H and O–H groups in total. The third-order valence-corrected chi connectivity index (χ3v) is 2.25. The van der Waals surface area contributed by atoms with Crippen molar-refractivity contribution < 1.29 is 35.8 Å². The lowest BCUT2D eigenvalue weighted by atomic mass is 10.2. The summed E-state index contributed by atoms with van der Waals surface area (Å²) in [5, 5.41) is 28.3. The SMILES string of the molecule is N#CC(C#N)=C(C#N)Nc1ccc(OC(F)(F)F)c(OC(F)(F)F)c1. The molecule has 0 bridgehead atoms. The van der Waals surface area contributed by atoms with Gasteiger partial charge in [-0.3, -0.25) is 0 Å². The van der Waals surface area contributed by atoms with E-state index in [2.05, 4.69) is 14.8 Å². The fourth-order valence-corrected chi connectivity index (χ4v) is 1.43. The first-order valence-electron chi connectivity index (χ1n) is 5.86. The number of allylic oxidation sites excluding steroid dienone is 2. The molecule has 0 aromatic heterocycles. The summed E-state index contributed by atoms with van der Waals surface area (Å²) in [4.78, 5) is 0. The number of anilines is 1. The van der Waals surface area contributed by atoms with Crippen molar-refractivity contribution >= 4 is 5.69 Å². The number of hydrogen-bond donors (Lipinski definition) is 1. The first kappa shape index (κ1) is 19.5. The standard InChI is InChI=1S/C13H4F6N4O2/c14-12(15,16)24-10-2-1-8(3-11(10)25-13(17,18)19)23-9(6-22)7(4-20)5-21/h1-3,23H. The Hall–Kier alpha value is -3.59. The van der Waals surface area contributed by atoms with Crippen LogP contribution < -0.4 is 14.8 Å². The number of alkyl halides is 6. The number of nitriles is 3. The number of rotatable bonds is 4. The molecule has 0 aliphatic heterocycles. The Kier molecular flexibility index (Phi) is 5.70. The van der Waals surface area contributed by atoms with E-state index in [1.165, 1.54) is 18.2 Å². The lowest BCUT2D eigenvalue weighted by Gasteiger charge is -2.16. The summed E-state index contributed by atoms with van der Waals surface area (Å²) >= 11 is 0. The molecule has 1 aromatic rings. The van der Waals surface area contributed by atoms with Crippen molar-refractivity contribution in [2.45, 2.75) is 12.7 Å². The second kappa shape index (κ2) is 7.32. The van der Waals surface area contributed by atoms with Gasteiger partial charge >= 0.3 is 12.7 Å². The number of nitrogens with one attached hydrogen (secondary N) is 1. The van der Waals surface area contributed by atoms with Gasteiger partial charge in [-0.05, 0) is 12.1 Å². The molecule has 0 atom stereocenters. The van der Waals surface area contributed by atoms with E-state index in [4.69, 9.17) is 15.8 Å². The van der Waals surface area contributed by atoms with Gasteiger partial charge in [0.1, 0.15) is 23.9 Å². The van der Waals surface area contributed by atoms with Crippen LogP contribution in [0.4, 0.5) is 32.0 Å². The molecule has 0 spiro atoms. The molecule has 0 radical (unpaired) electrons. The van der Waals surface area contributed by atoms with Gasteiger partial charge in [-0.15, -0.1) is 26.3 Å². The highest BCUT2D eigenvalue weighted by Crippen LogP contribution is 2.37. The number of ether oxygens (including phenoxy) is 2. The van der Waals surface area contributed by atoms with Crippen molar-refractivity contribution in [2.24, 2.45) is 0 Å². The second-order valence-electron chi connectivity index (χ2n) is 3.97. The Balaban J connectivity index is 3.31. The van der Waals surface area contributed by atoms with E-state index < -0.39 is 35.5 Å². The van der Waals surface area contributed by atoms with Gasteiger partial charge in [0.05, 0.1) is 0 Å². The maximum atomic E-state index is 12.3. The van der Waals surface area contributed by atoms with E-state index in [0.29, 0.717) is 12.1 Å². The molecule has 0 saturated heterocycles. The van der Waals surface area contributed by atoms with Crippen LogP contribution in [0.1, 0.15) is 0 Å². The van der Waals surface area contributed by atoms with Gasteiger partial charge in [0, 0.05) is 11.8 Å². The summed E-state index contributed by atoms with van der Waals surface area (Å²) in [6.07, 6.45) is -10.6. The van der Waals surface area contributed by atoms with Gasteiger partial charge in [-0.2, -0.15) is 15.8 Å². The Morgan fingerprint density at radius 2 is 1.36 bits per heavy atom. The molecule has 0 fully saturated rings. The van der Waals surface area contributed by atoms with Gasteiger partial charge in [0.15, 0.2) is 17.1 Å². The van der Waals surface area contributed by atoms with Crippen molar-refractivity contribution in [1.82, 2.24) is 0 Å². The molecule has 0 amide bonds. The normalized spacial score (nSPS) is 10.7. The van der Waals surface area contributed by atoms with Crippen LogP contribution in [0.15, 0.2) is 29.5 Å². The molecule has 0 unspecified atom stereocenters. The minimum Gasteiger partial charge on any atom is -0.402 e. The quantitative estimate of drug-likeness (QED) is 0.647. The maximum Gasteiger partial charge on any atom is 0.573 e. The fourth-order valence-electron chi connectivity index (χ4n) is 1.43. The van der Waals surface area contributed by atoms with Crippen molar-refractivity contribution in [3.8, 4) is 29.7 Å². The van der Waals surface area contributed by atoms with Crippen LogP contribution in [0.3, 0.4) is 0 Å². The number of halogens is 6. The highest BCUT2D eigenvalue weighted by Gasteiger charge is 2.36. The summed E-state index contributed by atoms with van der Waals surface area (Å²) in [6.45, 7) is 0. The second-order valence-corrected chi connectivity index (χ2v) is 3.97. The number of benzene rings is 1. The number of hydrogen-bond acceptors (Lipinski definition) is 6. The van der Waals surface area contributed by atoms with Crippen molar-refractivity contribution in [1.29, 1.82) is 15.8 Å². The lowest BCUT2D eigenvalue weighted by Crippen LogP contribution is -2.21. The molecule has 1 aromatic carbocycles. The van der Waals surface area contributed by atoms with Crippen LogP contribution >= 0.6 is 0 Å². The third-order valence-electron chi connectivity index (χ3n) is 2.25. The van der Waals surface area contributed by atoms with E-state index in [0.717, 1.165) is 6.07 Å². The van der Waals surface area contributed by atoms with Crippen LogP contribution in [0, 0.1) is 34.0 Å². The molecule has 0 heterocycles. The summed E-state index contributed by atoms with van der Waals surface area (Å²) < 4.78 is 80.5. The highest BCUT2D eigenvalue weighted by atomic mass is 19.4. The summed E-state index contributed by atoms with van der Waals surface area (Å²) in [5.41, 5.74) is -1.66. The molecule has 0 aliphatic carbocycles. The van der Waals surface area contributed by atoms with Gasteiger partial charge in [-0.1, -0.05) is 0 Å². The highest BCUT2D eigenvalue weighted by molar-refractivity contribution is 5.62. The van der Waals surface area contributed by atoms with E-state index >= 15 is 0 Å². The Morgan fingerprint density at radius 3 is 1.80 bits per heavy atom. The molecular weight excluding hydrogens is 358 g/mol. The summed E-state index contributed by atoms with van der Waals surface area (Å²) in [7, 11) is 0. The van der Waals surface area contributed by atoms with E-state index in [-0.39, 0.29) is 5.69 Å². The van der Waals surface area contributed by atoms with E-state index in [1.807, 2.05) is 0 Å². The van der Waals surface area contributed by atoms with Crippen molar-refractivity contribution in [2.75, 3.05) is 5.32 Å². The topological polar surface area (TPSA) is 102 Å². The Morgan fingerprint density at radius 1 is 0.840 bits per heavy atom. The zero-order valence-electron chi connectivity index (χ0n) is 11.7. The summed E-state index contributed by atoms with van der Waals surface area (Å²) in [6, 6.07) is 5.94. The predicted molar refractivity (Wildman–Crippen MR) is 67.3 cm³/mol. The van der Waals surface area contributed by atoms with Crippen molar-refractivity contribution in [3.63, 3.8) is 0 Å². The maximum absolute atomic E-state index is 12.3. The van der Waals surface area contributed by atoms with Gasteiger partial charge < -0.3 is 14.8 Å². The van der Waals surface area contributed by atoms with Crippen LogP contribution in [0.25, 0.3) is 0 Å². The Bertz CT molecular complexity index is 792. The first-order chi connectivity index (χ1) is 11.5. The van der Waals surface area contributed by atoms with E-state index in [1.54, 1.807) is 0 Å². The molecule has 6 nitrogen and oxygen atoms in total. The third kappa shape index (κ3) is 6.20. The average Bonchev–Trinajstić information content (AvgIpc) is 2.47. The molecule has 130 valence electrons. The molecule has 25 heavy (non-hydrogen) atoms. The van der Waals surface area contributed by atoms with Crippen LogP contribution in [0.5, 0.6) is 11.5 Å². The summed E-state index contributed by atoms with van der Waals surface area (Å²) in [5.74, 6) is -2.62. The minimum atomic E-state index is -5.32. The molecule has 12 heteroatoms. The van der Waals surface area contributed by atoms with Crippen LogP contribution in [0.2, 0.25) is 0 Å². The number of nitrogens with zero attached hydrogens (tertiary/aromatic N) is 3. The smallest absolute Gasteiger partial charge is 0.402 e. The van der Waals surface area contributed by atoms with Crippen LogP contribution in [-0.4, -0.2) is 12.7 Å². The zero-order valence-corrected chi connectivity index (χ0v) is 11.7. The van der Waals surface area contributed by atoms with Crippen LogP contribution in [-0.2, 0) is 0 Å². The van der Waals surface area contributed by atoms with Gasteiger partial charge in [-0.25, -0.2) is 0 Å². The molecule has 0 saturated carbocycles. The first-order valence-corrected chi connectivity index (χ1v) is 5.86. The average molecular weight is 362 g/mol. The van der Waals surface area contributed by atoms with E-state index in [9.17, 15) is 26.3 Å². The predicted octanol–water partition coefficient (Wildman–Crippen LogP) is 3.72.